The molecule has 150 valence electrons. The summed E-state index contributed by atoms with van der Waals surface area (Å²) in [5.41, 5.74) is 2.51. The van der Waals surface area contributed by atoms with E-state index in [4.69, 9.17) is 9.47 Å². The van der Waals surface area contributed by atoms with Gasteiger partial charge in [0.15, 0.2) is 0 Å². The molecule has 0 unspecified atom stereocenters. The number of hydrogen-bond donors (Lipinski definition) is 1. The summed E-state index contributed by atoms with van der Waals surface area (Å²) in [5, 5.41) is 2.83. The summed E-state index contributed by atoms with van der Waals surface area (Å²) in [6.45, 7) is 2.08. The van der Waals surface area contributed by atoms with Crippen molar-refractivity contribution in [2.75, 3.05) is 36.1 Å². The number of aryl methyl sites for hydroxylation is 1. The molecule has 1 amide bonds. The Balaban J connectivity index is 1.90. The van der Waals surface area contributed by atoms with Crippen molar-refractivity contribution in [3.05, 3.63) is 47.5 Å². The number of ether oxygens (including phenoxy) is 2. The number of nitrogens with zero attached hydrogens (tertiary/aromatic N) is 1. The van der Waals surface area contributed by atoms with Crippen LogP contribution < -0.4 is 19.1 Å². The summed E-state index contributed by atoms with van der Waals surface area (Å²) in [7, 11) is -0.329. The number of amides is 1. The van der Waals surface area contributed by atoms with Crippen LogP contribution in [0.2, 0.25) is 0 Å². The van der Waals surface area contributed by atoms with Crippen LogP contribution in [0.15, 0.2) is 36.4 Å². The molecule has 0 aliphatic carbocycles. The molecule has 0 spiro atoms. The molecular formula is C20H24N2O5S. The van der Waals surface area contributed by atoms with Crippen molar-refractivity contribution in [1.82, 2.24) is 0 Å². The van der Waals surface area contributed by atoms with Crippen LogP contribution in [-0.2, 0) is 16.4 Å². The highest BCUT2D eigenvalue weighted by molar-refractivity contribution is 7.92. The van der Waals surface area contributed by atoms with E-state index in [0.29, 0.717) is 35.0 Å². The van der Waals surface area contributed by atoms with Gasteiger partial charge in [0.25, 0.3) is 5.91 Å². The SMILES string of the molecule is CCS(=O)(=O)N1CCCc2ccc(NC(=O)c3cc(OC)cc(OC)c3)cc21. The van der Waals surface area contributed by atoms with Crippen molar-refractivity contribution in [1.29, 1.82) is 0 Å². The summed E-state index contributed by atoms with van der Waals surface area (Å²) in [4.78, 5) is 12.7. The number of sulfonamides is 1. The number of hydrogen-bond acceptors (Lipinski definition) is 5. The highest BCUT2D eigenvalue weighted by atomic mass is 32.2. The number of nitrogens with one attached hydrogen (secondary N) is 1. The smallest absolute Gasteiger partial charge is 0.255 e. The van der Waals surface area contributed by atoms with E-state index in [1.165, 1.54) is 18.5 Å². The van der Waals surface area contributed by atoms with Crippen molar-refractivity contribution < 1.29 is 22.7 Å². The van der Waals surface area contributed by atoms with Gasteiger partial charge in [-0.05, 0) is 49.6 Å². The van der Waals surface area contributed by atoms with Gasteiger partial charge in [-0.25, -0.2) is 8.42 Å². The van der Waals surface area contributed by atoms with Gasteiger partial charge < -0.3 is 14.8 Å². The predicted molar refractivity (Wildman–Crippen MR) is 109 cm³/mol. The van der Waals surface area contributed by atoms with Gasteiger partial charge in [-0.3, -0.25) is 9.10 Å². The summed E-state index contributed by atoms with van der Waals surface area (Å²) < 4.78 is 36.7. The number of fused-ring (bicyclic) bond motifs is 1. The van der Waals surface area contributed by atoms with Gasteiger partial charge in [-0.1, -0.05) is 6.07 Å². The maximum absolute atomic E-state index is 12.7. The molecule has 0 fully saturated rings. The van der Waals surface area contributed by atoms with Crippen molar-refractivity contribution in [3.63, 3.8) is 0 Å². The maximum atomic E-state index is 12.7. The van der Waals surface area contributed by atoms with Crippen LogP contribution >= 0.6 is 0 Å². The number of anilines is 2. The Bertz CT molecular complexity index is 966. The molecule has 0 atom stereocenters. The molecular weight excluding hydrogens is 380 g/mol. The Labute approximate surface area is 165 Å². The average Bonchev–Trinajstić information content (AvgIpc) is 2.72. The van der Waals surface area contributed by atoms with Gasteiger partial charge in [0.2, 0.25) is 10.0 Å². The highest BCUT2D eigenvalue weighted by Gasteiger charge is 2.26. The largest absolute Gasteiger partial charge is 0.497 e. The molecule has 2 aromatic carbocycles. The van der Waals surface area contributed by atoms with E-state index in [2.05, 4.69) is 5.32 Å². The lowest BCUT2D eigenvalue weighted by molar-refractivity contribution is 0.102. The molecule has 0 bridgehead atoms. The number of carbonyl (C=O) groups excluding carboxylic acids is 1. The summed E-state index contributed by atoms with van der Waals surface area (Å²) in [6, 6.07) is 10.3. The van der Waals surface area contributed by atoms with Crippen molar-refractivity contribution in [2.24, 2.45) is 0 Å². The molecule has 0 aromatic heterocycles. The number of rotatable bonds is 6. The van der Waals surface area contributed by atoms with Crippen LogP contribution in [0.25, 0.3) is 0 Å². The second-order valence-corrected chi connectivity index (χ2v) is 8.66. The summed E-state index contributed by atoms with van der Waals surface area (Å²) in [6.07, 6.45) is 1.59. The van der Waals surface area contributed by atoms with E-state index in [1.807, 2.05) is 6.07 Å². The third-order valence-electron chi connectivity index (χ3n) is 4.73. The first-order chi connectivity index (χ1) is 13.4. The van der Waals surface area contributed by atoms with Gasteiger partial charge in [0, 0.05) is 23.9 Å². The third kappa shape index (κ3) is 4.06. The van der Waals surface area contributed by atoms with Gasteiger partial charge in [0.1, 0.15) is 11.5 Å². The van der Waals surface area contributed by atoms with Gasteiger partial charge >= 0.3 is 0 Å². The topological polar surface area (TPSA) is 84.9 Å². The molecule has 3 rings (SSSR count). The highest BCUT2D eigenvalue weighted by Crippen LogP contribution is 2.32. The van der Waals surface area contributed by atoms with Gasteiger partial charge in [-0.15, -0.1) is 0 Å². The first-order valence-electron chi connectivity index (χ1n) is 9.05. The lowest BCUT2D eigenvalue weighted by Gasteiger charge is -2.30. The fourth-order valence-electron chi connectivity index (χ4n) is 3.21. The Morgan fingerprint density at radius 2 is 1.79 bits per heavy atom. The average molecular weight is 404 g/mol. The van der Waals surface area contributed by atoms with E-state index in [9.17, 15) is 13.2 Å². The molecule has 1 heterocycles. The number of carbonyl (C=O) groups is 1. The minimum Gasteiger partial charge on any atom is -0.497 e. The van der Waals surface area contributed by atoms with E-state index < -0.39 is 10.0 Å². The van der Waals surface area contributed by atoms with E-state index in [1.54, 1.807) is 37.3 Å². The van der Waals surface area contributed by atoms with Crippen LogP contribution in [0.1, 0.15) is 29.3 Å². The van der Waals surface area contributed by atoms with Gasteiger partial charge in [0.05, 0.1) is 25.7 Å². The zero-order chi connectivity index (χ0) is 20.3. The quantitative estimate of drug-likeness (QED) is 0.800. The predicted octanol–water partition coefficient (Wildman–Crippen LogP) is 3.06. The monoisotopic (exact) mass is 404 g/mol. The third-order valence-corrected chi connectivity index (χ3v) is 6.51. The van der Waals surface area contributed by atoms with E-state index in [0.717, 1.165) is 18.4 Å². The summed E-state index contributed by atoms with van der Waals surface area (Å²) >= 11 is 0. The fraction of sp³-hybridized carbons (Fsp3) is 0.350. The van der Waals surface area contributed by atoms with Crippen LogP contribution in [0, 0.1) is 0 Å². The van der Waals surface area contributed by atoms with Crippen molar-refractivity contribution >= 4 is 27.3 Å². The number of benzene rings is 2. The van der Waals surface area contributed by atoms with Crippen molar-refractivity contribution in [3.8, 4) is 11.5 Å². The van der Waals surface area contributed by atoms with E-state index in [-0.39, 0.29) is 11.7 Å². The molecule has 1 N–H and O–H groups in total. The lowest BCUT2D eigenvalue weighted by atomic mass is 10.0. The Morgan fingerprint density at radius 1 is 1.11 bits per heavy atom. The summed E-state index contributed by atoms with van der Waals surface area (Å²) in [5.74, 6) is 0.718. The molecule has 28 heavy (non-hydrogen) atoms. The van der Waals surface area contributed by atoms with Crippen LogP contribution in [0.5, 0.6) is 11.5 Å². The Hall–Kier alpha value is -2.74. The number of methoxy groups -OCH3 is 2. The zero-order valence-electron chi connectivity index (χ0n) is 16.2. The molecule has 0 radical (unpaired) electrons. The van der Waals surface area contributed by atoms with Gasteiger partial charge in [-0.2, -0.15) is 0 Å². The molecule has 8 heteroatoms. The van der Waals surface area contributed by atoms with Crippen LogP contribution in [-0.4, -0.2) is 40.8 Å². The second kappa shape index (κ2) is 8.10. The fourth-order valence-corrected chi connectivity index (χ4v) is 4.39. The molecule has 7 nitrogen and oxygen atoms in total. The minimum absolute atomic E-state index is 0.0344. The van der Waals surface area contributed by atoms with Crippen LogP contribution in [0.4, 0.5) is 11.4 Å². The molecule has 0 saturated carbocycles. The van der Waals surface area contributed by atoms with E-state index >= 15 is 0 Å². The van der Waals surface area contributed by atoms with Crippen molar-refractivity contribution in [2.45, 2.75) is 19.8 Å². The first-order valence-corrected chi connectivity index (χ1v) is 10.7. The molecule has 2 aromatic rings. The second-order valence-electron chi connectivity index (χ2n) is 6.48. The van der Waals surface area contributed by atoms with Crippen LogP contribution in [0.3, 0.4) is 0 Å². The zero-order valence-corrected chi connectivity index (χ0v) is 17.0. The Kier molecular flexibility index (Phi) is 5.79. The first kappa shape index (κ1) is 20.0. The lowest BCUT2D eigenvalue weighted by Crippen LogP contribution is -2.36. The Morgan fingerprint density at radius 3 is 2.39 bits per heavy atom. The standard InChI is InChI=1S/C20H24N2O5S/c1-4-28(24,25)22-9-5-6-14-7-8-16(12-19(14)22)21-20(23)15-10-17(26-2)13-18(11-15)27-3/h7-8,10-13H,4-6,9H2,1-3H3,(H,21,23). The minimum atomic E-state index is -3.36. The molecule has 1 aliphatic rings. The maximum Gasteiger partial charge on any atom is 0.255 e. The normalized spacial score (nSPS) is 13.6. The molecule has 0 saturated heterocycles. The molecule has 1 aliphatic heterocycles.